The van der Waals surface area contributed by atoms with Crippen molar-refractivity contribution in [3.05, 3.63) is 11.6 Å². The van der Waals surface area contributed by atoms with E-state index in [1.807, 2.05) is 13.8 Å². The van der Waals surface area contributed by atoms with E-state index in [4.69, 9.17) is 16.7 Å². The highest BCUT2D eigenvalue weighted by atomic mass is 35.5. The molecule has 0 amide bonds. The number of Topliss-reactive ketones (excluding diaryl/α,β-unsaturated/α-hetero) is 1. The van der Waals surface area contributed by atoms with Crippen molar-refractivity contribution in [2.75, 3.05) is 5.88 Å². The van der Waals surface area contributed by atoms with Crippen LogP contribution in [0.2, 0.25) is 0 Å². The van der Waals surface area contributed by atoms with Crippen molar-refractivity contribution < 1.29 is 14.7 Å². The van der Waals surface area contributed by atoms with E-state index in [1.165, 1.54) is 0 Å². The van der Waals surface area contributed by atoms with Gasteiger partial charge >= 0.3 is 5.97 Å². The number of aliphatic carboxylic acids is 1. The lowest BCUT2D eigenvalue weighted by Gasteiger charge is -2.04. The summed E-state index contributed by atoms with van der Waals surface area (Å²) in [7, 11) is 0. The van der Waals surface area contributed by atoms with E-state index in [2.05, 4.69) is 0 Å². The maximum absolute atomic E-state index is 11.9. The summed E-state index contributed by atoms with van der Waals surface area (Å²) in [4.78, 5) is 23.0. The summed E-state index contributed by atoms with van der Waals surface area (Å²) in [6.07, 6.45) is 5.02. The van der Waals surface area contributed by atoms with Gasteiger partial charge in [0.05, 0.1) is 0 Å². The van der Waals surface area contributed by atoms with Gasteiger partial charge in [-0.15, -0.1) is 11.6 Å². The zero-order valence-corrected chi connectivity index (χ0v) is 11.8. The molecule has 0 aromatic carbocycles. The third-order valence-corrected chi connectivity index (χ3v) is 3.79. The summed E-state index contributed by atoms with van der Waals surface area (Å²) in [5.41, 5.74) is 0.302. The Bertz CT molecular complexity index is 358. The fraction of sp³-hybridized carbons (Fsp3) is 0.714. The minimum Gasteiger partial charge on any atom is -0.478 e. The van der Waals surface area contributed by atoms with Crippen LogP contribution in [-0.2, 0) is 9.59 Å². The summed E-state index contributed by atoms with van der Waals surface area (Å²) in [5, 5.41) is 9.06. The first-order valence-corrected chi connectivity index (χ1v) is 6.93. The molecule has 0 bridgehead atoms. The van der Waals surface area contributed by atoms with Crippen LogP contribution in [0.15, 0.2) is 11.6 Å². The van der Waals surface area contributed by atoms with Crippen LogP contribution in [-0.4, -0.2) is 22.7 Å². The van der Waals surface area contributed by atoms with Crippen LogP contribution >= 0.6 is 11.6 Å². The van der Waals surface area contributed by atoms with Crippen molar-refractivity contribution in [1.82, 2.24) is 0 Å². The Kier molecular flexibility index (Phi) is 5.39. The Morgan fingerprint density at radius 1 is 1.39 bits per heavy atom. The van der Waals surface area contributed by atoms with E-state index in [1.54, 1.807) is 6.08 Å². The number of alkyl halides is 1. The maximum Gasteiger partial charge on any atom is 0.331 e. The smallest absolute Gasteiger partial charge is 0.331 e. The fourth-order valence-electron chi connectivity index (χ4n) is 2.08. The topological polar surface area (TPSA) is 54.4 Å². The zero-order chi connectivity index (χ0) is 13.8. The zero-order valence-electron chi connectivity index (χ0n) is 11.0. The first-order chi connectivity index (χ1) is 8.38. The highest BCUT2D eigenvalue weighted by Crippen LogP contribution is 2.52. The van der Waals surface area contributed by atoms with Crippen molar-refractivity contribution in [3.63, 3.8) is 0 Å². The molecule has 0 radical (unpaired) electrons. The molecule has 0 saturated heterocycles. The van der Waals surface area contributed by atoms with Gasteiger partial charge in [0.1, 0.15) is 5.78 Å². The van der Waals surface area contributed by atoms with Gasteiger partial charge in [-0.3, -0.25) is 4.79 Å². The van der Waals surface area contributed by atoms with Crippen molar-refractivity contribution in [2.24, 2.45) is 11.3 Å². The quantitative estimate of drug-likeness (QED) is 0.418. The molecule has 0 aromatic heterocycles. The summed E-state index contributed by atoms with van der Waals surface area (Å²) in [6.45, 7) is 4.08. The van der Waals surface area contributed by atoms with Gasteiger partial charge in [-0.2, -0.15) is 0 Å². The number of allylic oxidation sites excluding steroid dienone is 1. The number of carbonyl (C=O) groups is 2. The summed E-state index contributed by atoms with van der Waals surface area (Å²) >= 11 is 5.55. The molecule has 0 spiro atoms. The number of carboxylic acid groups (broad SMARTS) is 1. The van der Waals surface area contributed by atoms with Gasteiger partial charge in [0.15, 0.2) is 0 Å². The number of rotatable bonds is 8. The average molecular weight is 273 g/mol. The largest absolute Gasteiger partial charge is 0.478 e. The Morgan fingerprint density at radius 2 is 2.00 bits per heavy atom. The van der Waals surface area contributed by atoms with Crippen LogP contribution in [0, 0.1) is 11.3 Å². The van der Waals surface area contributed by atoms with Gasteiger partial charge < -0.3 is 5.11 Å². The molecule has 102 valence electrons. The normalized spacial score (nSPS) is 21.7. The Balaban J connectivity index is 2.48. The van der Waals surface area contributed by atoms with Gasteiger partial charge in [0.25, 0.3) is 0 Å². The number of hydrogen-bond donors (Lipinski definition) is 1. The van der Waals surface area contributed by atoms with Gasteiger partial charge in [-0.1, -0.05) is 19.9 Å². The van der Waals surface area contributed by atoms with Crippen molar-refractivity contribution in [2.45, 2.75) is 46.0 Å². The molecule has 1 atom stereocenters. The number of ketones is 1. The lowest BCUT2D eigenvalue weighted by atomic mass is 10.0. The van der Waals surface area contributed by atoms with Gasteiger partial charge in [0.2, 0.25) is 0 Å². The molecule has 1 saturated carbocycles. The first-order valence-electron chi connectivity index (χ1n) is 6.39. The van der Waals surface area contributed by atoms with Crippen LogP contribution in [0.25, 0.3) is 0 Å². The molecule has 1 aliphatic carbocycles. The standard InChI is InChI=1S/C14H21ClO3/c1-14(2)9-11(14)12(16)8-10(13(17)18)6-4-3-5-7-15/h6,11H,3-5,7-9H2,1-2H3,(H,17,18)/b10-6+/t11-/m1/s1. The van der Waals surface area contributed by atoms with Crippen LogP contribution < -0.4 is 0 Å². The first kappa shape index (κ1) is 15.2. The summed E-state index contributed by atoms with van der Waals surface area (Å²) < 4.78 is 0. The SMILES string of the molecule is CC1(C)C[C@@H]1C(=O)C/C(=C\CCCCCl)C(=O)O. The molecule has 4 heteroatoms. The third kappa shape index (κ3) is 4.45. The highest BCUT2D eigenvalue weighted by Gasteiger charge is 2.50. The molecule has 3 nitrogen and oxygen atoms in total. The maximum atomic E-state index is 11.9. The van der Waals surface area contributed by atoms with E-state index in [0.29, 0.717) is 12.3 Å². The fourth-order valence-corrected chi connectivity index (χ4v) is 2.27. The van der Waals surface area contributed by atoms with E-state index in [9.17, 15) is 9.59 Å². The second kappa shape index (κ2) is 6.37. The van der Waals surface area contributed by atoms with Gasteiger partial charge in [-0.25, -0.2) is 4.79 Å². The number of halogens is 1. The molecule has 0 unspecified atom stereocenters. The molecule has 0 heterocycles. The van der Waals surface area contributed by atoms with Crippen molar-refractivity contribution in [1.29, 1.82) is 0 Å². The van der Waals surface area contributed by atoms with E-state index in [0.717, 1.165) is 19.3 Å². The molecule has 1 fully saturated rings. The molecular weight excluding hydrogens is 252 g/mol. The number of unbranched alkanes of at least 4 members (excludes halogenated alkanes) is 2. The molecule has 0 aliphatic heterocycles. The Hall–Kier alpha value is -0.830. The molecular formula is C14H21ClO3. The summed E-state index contributed by atoms with van der Waals surface area (Å²) in [6, 6.07) is 0. The van der Waals surface area contributed by atoms with Crippen LogP contribution in [0.1, 0.15) is 46.0 Å². The van der Waals surface area contributed by atoms with Crippen LogP contribution in [0.5, 0.6) is 0 Å². The minimum atomic E-state index is -0.979. The monoisotopic (exact) mass is 272 g/mol. The van der Waals surface area contributed by atoms with Crippen molar-refractivity contribution in [3.8, 4) is 0 Å². The summed E-state index contributed by atoms with van der Waals surface area (Å²) in [5.74, 6) is -0.285. The average Bonchev–Trinajstić information content (AvgIpc) is 2.92. The van der Waals surface area contributed by atoms with Gasteiger partial charge in [0, 0.05) is 23.8 Å². The van der Waals surface area contributed by atoms with E-state index in [-0.39, 0.29) is 29.1 Å². The minimum absolute atomic E-state index is 0.0445. The predicted octanol–water partition coefficient (Wildman–Crippen LogP) is 3.41. The van der Waals surface area contributed by atoms with Crippen LogP contribution in [0.4, 0.5) is 0 Å². The molecule has 0 aromatic rings. The van der Waals surface area contributed by atoms with Crippen LogP contribution in [0.3, 0.4) is 0 Å². The predicted molar refractivity (Wildman–Crippen MR) is 71.8 cm³/mol. The molecule has 1 N–H and O–H groups in total. The lowest BCUT2D eigenvalue weighted by molar-refractivity contribution is -0.134. The number of carbonyl (C=O) groups excluding carboxylic acids is 1. The second-order valence-electron chi connectivity index (χ2n) is 5.61. The van der Waals surface area contributed by atoms with Crippen molar-refractivity contribution >= 4 is 23.4 Å². The number of hydrogen-bond acceptors (Lipinski definition) is 2. The Morgan fingerprint density at radius 3 is 2.44 bits per heavy atom. The van der Waals surface area contributed by atoms with E-state index >= 15 is 0 Å². The molecule has 1 aliphatic rings. The van der Waals surface area contributed by atoms with E-state index < -0.39 is 5.97 Å². The highest BCUT2D eigenvalue weighted by molar-refractivity contribution is 6.17. The lowest BCUT2D eigenvalue weighted by Crippen LogP contribution is -2.11. The third-order valence-electron chi connectivity index (χ3n) is 3.52. The molecule has 18 heavy (non-hydrogen) atoms. The molecule has 1 rings (SSSR count). The second-order valence-corrected chi connectivity index (χ2v) is 5.99. The Labute approximate surface area is 113 Å². The number of carboxylic acids is 1. The van der Waals surface area contributed by atoms with Gasteiger partial charge in [-0.05, 0) is 31.1 Å².